The van der Waals surface area contributed by atoms with E-state index in [0.29, 0.717) is 17.8 Å². The van der Waals surface area contributed by atoms with E-state index >= 15 is 0 Å². The SMILES string of the molecule is CC(C)N(Cc1ccccc1)c1c(F)cccc1[C@@H](C)O. The minimum Gasteiger partial charge on any atom is -0.389 e. The Bertz CT molecular complexity index is 581. The minimum atomic E-state index is -0.701. The zero-order valence-corrected chi connectivity index (χ0v) is 12.8. The van der Waals surface area contributed by atoms with Crippen molar-refractivity contribution in [3.8, 4) is 0 Å². The van der Waals surface area contributed by atoms with Crippen LogP contribution in [0.3, 0.4) is 0 Å². The maximum atomic E-state index is 14.4. The van der Waals surface area contributed by atoms with Crippen molar-refractivity contribution >= 4 is 5.69 Å². The number of anilines is 1. The van der Waals surface area contributed by atoms with Gasteiger partial charge in [-0.05, 0) is 32.4 Å². The van der Waals surface area contributed by atoms with Gasteiger partial charge in [0.2, 0.25) is 0 Å². The van der Waals surface area contributed by atoms with E-state index in [9.17, 15) is 9.50 Å². The van der Waals surface area contributed by atoms with E-state index in [1.165, 1.54) is 6.07 Å². The summed E-state index contributed by atoms with van der Waals surface area (Å²) in [7, 11) is 0. The van der Waals surface area contributed by atoms with Crippen molar-refractivity contribution in [2.45, 2.75) is 39.5 Å². The summed E-state index contributed by atoms with van der Waals surface area (Å²) in [5.74, 6) is -0.293. The third-order valence-electron chi connectivity index (χ3n) is 3.57. The Morgan fingerprint density at radius 1 is 1.00 bits per heavy atom. The molecule has 0 saturated carbocycles. The topological polar surface area (TPSA) is 23.5 Å². The van der Waals surface area contributed by atoms with Crippen LogP contribution in [0.15, 0.2) is 48.5 Å². The van der Waals surface area contributed by atoms with Crippen molar-refractivity contribution < 1.29 is 9.50 Å². The molecule has 0 saturated heterocycles. The van der Waals surface area contributed by atoms with E-state index in [1.54, 1.807) is 19.1 Å². The van der Waals surface area contributed by atoms with Crippen molar-refractivity contribution in [3.05, 3.63) is 65.5 Å². The van der Waals surface area contributed by atoms with E-state index in [1.807, 2.05) is 49.1 Å². The first kappa shape index (κ1) is 15.5. The Morgan fingerprint density at radius 3 is 2.24 bits per heavy atom. The van der Waals surface area contributed by atoms with Crippen LogP contribution < -0.4 is 4.90 Å². The molecule has 0 aliphatic carbocycles. The Labute approximate surface area is 125 Å². The molecule has 0 aliphatic heterocycles. The predicted molar refractivity (Wildman–Crippen MR) is 84.8 cm³/mol. The first-order valence-electron chi connectivity index (χ1n) is 7.27. The Hall–Kier alpha value is -1.87. The summed E-state index contributed by atoms with van der Waals surface area (Å²) in [5.41, 5.74) is 2.23. The summed E-state index contributed by atoms with van der Waals surface area (Å²) < 4.78 is 14.4. The lowest BCUT2D eigenvalue weighted by Gasteiger charge is -2.32. The van der Waals surface area contributed by atoms with Gasteiger partial charge in [-0.2, -0.15) is 0 Å². The number of rotatable bonds is 5. The molecular formula is C18H22FNO. The van der Waals surface area contributed by atoms with Crippen molar-refractivity contribution in [3.63, 3.8) is 0 Å². The van der Waals surface area contributed by atoms with Gasteiger partial charge in [0.15, 0.2) is 0 Å². The summed E-state index contributed by atoms with van der Waals surface area (Å²) in [4.78, 5) is 1.99. The molecule has 1 N–H and O–H groups in total. The average molecular weight is 287 g/mol. The summed E-state index contributed by atoms with van der Waals surface area (Å²) in [5, 5.41) is 9.93. The molecule has 21 heavy (non-hydrogen) atoms. The molecule has 3 heteroatoms. The van der Waals surface area contributed by atoms with Crippen LogP contribution in [0.5, 0.6) is 0 Å². The first-order valence-corrected chi connectivity index (χ1v) is 7.27. The largest absolute Gasteiger partial charge is 0.389 e. The maximum absolute atomic E-state index is 14.4. The van der Waals surface area contributed by atoms with Gasteiger partial charge in [0.1, 0.15) is 5.82 Å². The number of hydrogen-bond donors (Lipinski definition) is 1. The summed E-state index contributed by atoms with van der Waals surface area (Å²) >= 11 is 0. The number of aliphatic hydroxyl groups excluding tert-OH is 1. The van der Waals surface area contributed by atoms with Crippen molar-refractivity contribution in [1.29, 1.82) is 0 Å². The molecule has 2 nitrogen and oxygen atoms in total. The lowest BCUT2D eigenvalue weighted by atomic mass is 10.0. The molecule has 0 amide bonds. The van der Waals surface area contributed by atoms with E-state index in [2.05, 4.69) is 0 Å². The molecule has 0 fully saturated rings. The molecule has 0 heterocycles. The molecule has 2 aromatic carbocycles. The van der Waals surface area contributed by atoms with Gasteiger partial charge in [0.25, 0.3) is 0 Å². The zero-order chi connectivity index (χ0) is 15.4. The van der Waals surface area contributed by atoms with E-state index in [4.69, 9.17) is 0 Å². The summed E-state index contributed by atoms with van der Waals surface area (Å²) in [6, 6.07) is 15.0. The number of hydrogen-bond acceptors (Lipinski definition) is 2. The van der Waals surface area contributed by atoms with E-state index in [0.717, 1.165) is 5.56 Å². The molecule has 2 aromatic rings. The van der Waals surface area contributed by atoms with E-state index < -0.39 is 6.10 Å². The van der Waals surface area contributed by atoms with Crippen LogP contribution in [0.1, 0.15) is 38.0 Å². The highest BCUT2D eigenvalue weighted by atomic mass is 19.1. The van der Waals surface area contributed by atoms with Crippen LogP contribution in [0.2, 0.25) is 0 Å². The van der Waals surface area contributed by atoms with Gasteiger partial charge >= 0.3 is 0 Å². The number of halogens is 1. The fraction of sp³-hybridized carbons (Fsp3) is 0.333. The summed E-state index contributed by atoms with van der Waals surface area (Å²) in [6.45, 7) is 6.33. The Morgan fingerprint density at radius 2 is 1.67 bits per heavy atom. The minimum absolute atomic E-state index is 0.125. The Kier molecular flexibility index (Phi) is 4.97. The molecule has 0 aromatic heterocycles. The fourth-order valence-electron chi connectivity index (χ4n) is 2.47. The maximum Gasteiger partial charge on any atom is 0.146 e. The second-order valence-electron chi connectivity index (χ2n) is 5.56. The van der Waals surface area contributed by atoms with Crippen LogP contribution in [0.25, 0.3) is 0 Å². The van der Waals surface area contributed by atoms with Crippen LogP contribution in [-0.4, -0.2) is 11.1 Å². The van der Waals surface area contributed by atoms with Crippen molar-refractivity contribution in [1.82, 2.24) is 0 Å². The number of para-hydroxylation sites is 1. The smallest absolute Gasteiger partial charge is 0.146 e. The molecule has 0 bridgehead atoms. The molecular weight excluding hydrogens is 265 g/mol. The molecule has 1 atom stereocenters. The van der Waals surface area contributed by atoms with Crippen molar-refractivity contribution in [2.24, 2.45) is 0 Å². The van der Waals surface area contributed by atoms with Crippen LogP contribution in [0.4, 0.5) is 10.1 Å². The number of nitrogens with zero attached hydrogens (tertiary/aromatic N) is 1. The molecule has 2 rings (SSSR count). The van der Waals surface area contributed by atoms with Gasteiger partial charge in [0, 0.05) is 18.2 Å². The highest BCUT2D eigenvalue weighted by Gasteiger charge is 2.21. The monoisotopic (exact) mass is 287 g/mol. The molecule has 112 valence electrons. The second kappa shape index (κ2) is 6.72. The van der Waals surface area contributed by atoms with E-state index in [-0.39, 0.29) is 11.9 Å². The second-order valence-corrected chi connectivity index (χ2v) is 5.56. The van der Waals surface area contributed by atoms with Gasteiger partial charge in [-0.3, -0.25) is 0 Å². The lowest BCUT2D eigenvalue weighted by molar-refractivity contribution is 0.199. The number of aliphatic hydroxyl groups is 1. The van der Waals surface area contributed by atoms with Gasteiger partial charge in [-0.25, -0.2) is 4.39 Å². The molecule has 0 spiro atoms. The van der Waals surface area contributed by atoms with Gasteiger partial charge in [-0.1, -0.05) is 42.5 Å². The highest BCUT2D eigenvalue weighted by molar-refractivity contribution is 5.56. The third kappa shape index (κ3) is 3.61. The standard InChI is InChI=1S/C18H22FNO/c1-13(2)20(12-15-8-5-4-6-9-15)18-16(14(3)21)10-7-11-17(18)19/h4-11,13-14,21H,12H2,1-3H3/t14-/m1/s1. The van der Waals surface area contributed by atoms with Crippen LogP contribution in [0, 0.1) is 5.82 Å². The predicted octanol–water partition coefficient (Wildman–Crippen LogP) is 4.29. The Balaban J connectivity index is 2.44. The van der Waals surface area contributed by atoms with Gasteiger partial charge < -0.3 is 10.0 Å². The van der Waals surface area contributed by atoms with Crippen LogP contribution >= 0.6 is 0 Å². The third-order valence-corrected chi connectivity index (χ3v) is 3.57. The molecule has 0 unspecified atom stereocenters. The molecule has 0 radical (unpaired) electrons. The number of benzene rings is 2. The fourth-order valence-corrected chi connectivity index (χ4v) is 2.47. The molecule has 0 aliphatic rings. The summed E-state index contributed by atoms with van der Waals surface area (Å²) in [6.07, 6.45) is -0.701. The normalized spacial score (nSPS) is 12.5. The zero-order valence-electron chi connectivity index (χ0n) is 12.8. The lowest BCUT2D eigenvalue weighted by Crippen LogP contribution is -2.32. The van der Waals surface area contributed by atoms with Gasteiger partial charge in [0.05, 0.1) is 11.8 Å². The van der Waals surface area contributed by atoms with Gasteiger partial charge in [-0.15, -0.1) is 0 Å². The van der Waals surface area contributed by atoms with Crippen LogP contribution in [-0.2, 0) is 6.54 Å². The average Bonchev–Trinajstić information content (AvgIpc) is 2.45. The van der Waals surface area contributed by atoms with Crippen molar-refractivity contribution in [2.75, 3.05) is 4.90 Å². The highest BCUT2D eigenvalue weighted by Crippen LogP contribution is 2.31. The quantitative estimate of drug-likeness (QED) is 0.886. The first-order chi connectivity index (χ1) is 10.0.